The fourth-order valence-electron chi connectivity index (χ4n) is 3.21. The quantitative estimate of drug-likeness (QED) is 0.818. The van der Waals surface area contributed by atoms with Crippen LogP contribution in [-0.2, 0) is 24.3 Å². The van der Waals surface area contributed by atoms with E-state index in [1.165, 1.54) is 4.68 Å². The first kappa shape index (κ1) is 14.4. The van der Waals surface area contributed by atoms with Gasteiger partial charge in [-0.25, -0.2) is 9.48 Å². The highest BCUT2D eigenvalue weighted by Crippen LogP contribution is 2.16. The van der Waals surface area contributed by atoms with Crippen LogP contribution in [0.15, 0.2) is 4.79 Å². The van der Waals surface area contributed by atoms with Gasteiger partial charge in [-0.1, -0.05) is 13.3 Å². The lowest BCUT2D eigenvalue weighted by Crippen LogP contribution is -2.41. The van der Waals surface area contributed by atoms with E-state index in [4.69, 9.17) is 0 Å². The van der Waals surface area contributed by atoms with Crippen molar-refractivity contribution >= 4 is 5.91 Å². The Balaban J connectivity index is 1.70. The molecule has 0 N–H and O–H groups in total. The minimum Gasteiger partial charge on any atom is -0.341 e. The second-order valence-corrected chi connectivity index (χ2v) is 6.38. The zero-order valence-electron chi connectivity index (χ0n) is 12.8. The fraction of sp³-hybridized carbons (Fsp3) is 0.800. The van der Waals surface area contributed by atoms with E-state index in [1.54, 1.807) is 4.57 Å². The first-order valence-electron chi connectivity index (χ1n) is 8.09. The lowest BCUT2D eigenvalue weighted by atomic mass is 9.99. The Kier molecular flexibility index (Phi) is 4.12. The van der Waals surface area contributed by atoms with Crippen LogP contribution in [0.25, 0.3) is 0 Å². The third kappa shape index (κ3) is 3.04. The number of aryl methyl sites for hydroxylation is 1. The molecule has 2 aliphatic rings. The van der Waals surface area contributed by atoms with Crippen molar-refractivity contribution in [2.45, 2.75) is 58.5 Å². The number of aromatic nitrogens is 3. The van der Waals surface area contributed by atoms with Gasteiger partial charge in [0.1, 0.15) is 12.4 Å². The lowest BCUT2D eigenvalue weighted by molar-refractivity contribution is -0.133. The summed E-state index contributed by atoms with van der Waals surface area (Å²) < 4.78 is 3.11. The fourth-order valence-corrected chi connectivity index (χ4v) is 3.21. The second kappa shape index (κ2) is 6.03. The van der Waals surface area contributed by atoms with Crippen LogP contribution in [0, 0.1) is 5.92 Å². The minimum absolute atomic E-state index is 0.0252. The van der Waals surface area contributed by atoms with E-state index in [0.29, 0.717) is 5.92 Å². The van der Waals surface area contributed by atoms with Gasteiger partial charge in [-0.2, -0.15) is 5.10 Å². The first-order valence-corrected chi connectivity index (χ1v) is 8.09. The standard InChI is InChI=1S/C15H24N4O2/c1-12-6-9-17(10-7-12)14(20)11-19-15(21)18-8-4-2-3-5-13(18)16-19/h12H,2-11H2,1H3. The van der Waals surface area contributed by atoms with Gasteiger partial charge < -0.3 is 4.90 Å². The summed E-state index contributed by atoms with van der Waals surface area (Å²) in [6, 6.07) is 0. The number of fused-ring (bicyclic) bond motifs is 1. The number of carbonyl (C=O) groups excluding carboxylic acids is 1. The zero-order valence-corrected chi connectivity index (χ0v) is 12.8. The van der Waals surface area contributed by atoms with Crippen LogP contribution >= 0.6 is 0 Å². The van der Waals surface area contributed by atoms with Gasteiger partial charge in [-0.3, -0.25) is 9.36 Å². The number of likely N-dealkylation sites (tertiary alicyclic amines) is 1. The average molecular weight is 292 g/mol. The van der Waals surface area contributed by atoms with E-state index >= 15 is 0 Å². The van der Waals surface area contributed by atoms with Gasteiger partial charge in [0.2, 0.25) is 5.91 Å². The van der Waals surface area contributed by atoms with Gasteiger partial charge in [0, 0.05) is 26.1 Å². The molecule has 0 atom stereocenters. The van der Waals surface area contributed by atoms with Crippen molar-refractivity contribution in [3.8, 4) is 0 Å². The summed E-state index contributed by atoms with van der Waals surface area (Å²) in [6.07, 6.45) is 6.21. The van der Waals surface area contributed by atoms with Crippen molar-refractivity contribution in [2.75, 3.05) is 13.1 Å². The normalized spacial score (nSPS) is 20.1. The van der Waals surface area contributed by atoms with Gasteiger partial charge in [-0.05, 0) is 31.6 Å². The highest BCUT2D eigenvalue weighted by molar-refractivity contribution is 5.75. The highest BCUT2D eigenvalue weighted by Gasteiger charge is 2.23. The number of piperidine rings is 1. The van der Waals surface area contributed by atoms with Crippen molar-refractivity contribution in [2.24, 2.45) is 5.92 Å². The Morgan fingerprint density at radius 3 is 2.71 bits per heavy atom. The third-order valence-electron chi connectivity index (χ3n) is 4.70. The van der Waals surface area contributed by atoms with E-state index in [9.17, 15) is 9.59 Å². The van der Waals surface area contributed by atoms with E-state index in [-0.39, 0.29) is 18.1 Å². The molecule has 0 spiro atoms. The molecule has 0 unspecified atom stereocenters. The van der Waals surface area contributed by atoms with Crippen LogP contribution in [0.3, 0.4) is 0 Å². The molecule has 0 radical (unpaired) electrons. The van der Waals surface area contributed by atoms with Crippen LogP contribution in [0.1, 0.15) is 44.9 Å². The number of nitrogens with zero attached hydrogens (tertiary/aromatic N) is 4. The van der Waals surface area contributed by atoms with Crippen molar-refractivity contribution < 1.29 is 4.79 Å². The maximum Gasteiger partial charge on any atom is 0.346 e. The average Bonchev–Trinajstić information content (AvgIpc) is 2.66. The first-order chi connectivity index (χ1) is 10.1. The van der Waals surface area contributed by atoms with Crippen LogP contribution in [0.2, 0.25) is 0 Å². The van der Waals surface area contributed by atoms with E-state index in [2.05, 4.69) is 12.0 Å². The molecule has 1 amide bonds. The van der Waals surface area contributed by atoms with Crippen molar-refractivity contribution in [1.82, 2.24) is 19.2 Å². The minimum atomic E-state index is -0.120. The predicted octanol–water partition coefficient (Wildman–Crippen LogP) is 1.03. The Hall–Kier alpha value is -1.59. The maximum atomic E-state index is 12.3. The summed E-state index contributed by atoms with van der Waals surface area (Å²) in [6.45, 7) is 4.67. The number of hydrogen-bond donors (Lipinski definition) is 0. The Labute approximate surface area is 124 Å². The molecule has 1 aromatic heterocycles. The molecule has 21 heavy (non-hydrogen) atoms. The summed E-state index contributed by atoms with van der Waals surface area (Å²) in [7, 11) is 0. The van der Waals surface area contributed by atoms with Crippen LogP contribution in [0.5, 0.6) is 0 Å². The highest BCUT2D eigenvalue weighted by atomic mass is 16.2. The largest absolute Gasteiger partial charge is 0.346 e. The van der Waals surface area contributed by atoms with Gasteiger partial charge in [-0.15, -0.1) is 0 Å². The smallest absolute Gasteiger partial charge is 0.341 e. The molecule has 0 bridgehead atoms. The molecule has 6 heteroatoms. The van der Waals surface area contributed by atoms with Gasteiger partial charge >= 0.3 is 5.69 Å². The summed E-state index contributed by atoms with van der Waals surface area (Å²) in [4.78, 5) is 26.5. The SMILES string of the molecule is CC1CCN(C(=O)Cn2nc3n(c2=O)CCCCC3)CC1. The monoisotopic (exact) mass is 292 g/mol. The summed E-state index contributed by atoms with van der Waals surface area (Å²) in [5.74, 6) is 1.57. The molecule has 1 saturated heterocycles. The zero-order chi connectivity index (χ0) is 14.8. The van der Waals surface area contributed by atoms with Gasteiger partial charge in [0.05, 0.1) is 0 Å². The van der Waals surface area contributed by atoms with E-state index in [1.807, 2.05) is 4.90 Å². The van der Waals surface area contributed by atoms with E-state index < -0.39 is 0 Å². The molecule has 3 rings (SSSR count). The molecule has 1 fully saturated rings. The molecule has 1 aromatic rings. The van der Waals surface area contributed by atoms with Gasteiger partial charge in [0.15, 0.2) is 0 Å². The molecule has 0 aromatic carbocycles. The van der Waals surface area contributed by atoms with Crippen LogP contribution in [-0.4, -0.2) is 38.2 Å². The lowest BCUT2D eigenvalue weighted by Gasteiger charge is -2.30. The summed E-state index contributed by atoms with van der Waals surface area (Å²) in [5, 5.41) is 4.38. The Bertz CT molecular complexity index is 567. The second-order valence-electron chi connectivity index (χ2n) is 6.38. The van der Waals surface area contributed by atoms with Crippen molar-refractivity contribution in [1.29, 1.82) is 0 Å². The molecular weight excluding hydrogens is 268 g/mol. The topological polar surface area (TPSA) is 60.1 Å². The maximum absolute atomic E-state index is 12.3. The number of hydrogen-bond acceptors (Lipinski definition) is 3. The Morgan fingerprint density at radius 1 is 1.19 bits per heavy atom. The van der Waals surface area contributed by atoms with E-state index in [0.717, 1.165) is 64.0 Å². The molecular formula is C15H24N4O2. The number of carbonyl (C=O) groups is 1. The molecule has 2 aliphatic heterocycles. The van der Waals surface area contributed by atoms with Crippen molar-refractivity contribution in [3.63, 3.8) is 0 Å². The van der Waals surface area contributed by atoms with Crippen LogP contribution < -0.4 is 5.69 Å². The molecule has 0 saturated carbocycles. The summed E-state index contributed by atoms with van der Waals surface area (Å²) >= 11 is 0. The Morgan fingerprint density at radius 2 is 1.95 bits per heavy atom. The number of amides is 1. The molecule has 0 aliphatic carbocycles. The van der Waals surface area contributed by atoms with Crippen LogP contribution in [0.4, 0.5) is 0 Å². The molecule has 3 heterocycles. The third-order valence-corrected chi connectivity index (χ3v) is 4.70. The molecule has 6 nitrogen and oxygen atoms in total. The molecule has 116 valence electrons. The number of rotatable bonds is 2. The predicted molar refractivity (Wildman–Crippen MR) is 79.0 cm³/mol. The summed E-state index contributed by atoms with van der Waals surface area (Å²) in [5.41, 5.74) is -0.120. The van der Waals surface area contributed by atoms with Gasteiger partial charge in [0.25, 0.3) is 0 Å². The van der Waals surface area contributed by atoms with Crippen molar-refractivity contribution in [3.05, 3.63) is 16.3 Å².